The Bertz CT molecular complexity index is 201. The lowest BCUT2D eigenvalue weighted by molar-refractivity contribution is -0.143. The van der Waals surface area contributed by atoms with Gasteiger partial charge >= 0.3 is 0 Å². The van der Waals surface area contributed by atoms with Crippen LogP contribution in [0.3, 0.4) is 0 Å². The first-order chi connectivity index (χ1) is 5.28. The SMILES string of the molecule is CC1CCC(C)(C)C(=O)C1(C)C. The lowest BCUT2D eigenvalue weighted by atomic mass is 9.59. The molecule has 70 valence electrons. The van der Waals surface area contributed by atoms with Crippen molar-refractivity contribution in [3.05, 3.63) is 0 Å². The Hall–Kier alpha value is -0.330. The minimum Gasteiger partial charge on any atom is -0.298 e. The van der Waals surface area contributed by atoms with Crippen LogP contribution >= 0.6 is 0 Å². The van der Waals surface area contributed by atoms with E-state index in [0.29, 0.717) is 11.7 Å². The second-order valence-corrected chi connectivity index (χ2v) is 5.37. The molecule has 0 aromatic carbocycles. The maximum atomic E-state index is 12.0. The van der Waals surface area contributed by atoms with Crippen LogP contribution in [0.15, 0.2) is 0 Å². The van der Waals surface area contributed by atoms with Gasteiger partial charge in [-0.3, -0.25) is 4.79 Å². The summed E-state index contributed by atoms with van der Waals surface area (Å²) in [6.07, 6.45) is 2.24. The average molecular weight is 168 g/mol. The predicted molar refractivity (Wildman–Crippen MR) is 51.0 cm³/mol. The Morgan fingerprint density at radius 1 is 1.25 bits per heavy atom. The Balaban J connectivity index is 2.94. The van der Waals surface area contributed by atoms with Crippen LogP contribution in [-0.2, 0) is 4.79 Å². The standard InChI is InChI=1S/C11H20O/c1-8-6-7-10(2,3)9(12)11(8,4)5/h8H,6-7H2,1-5H3. The van der Waals surface area contributed by atoms with Crippen LogP contribution in [-0.4, -0.2) is 5.78 Å². The van der Waals surface area contributed by atoms with Gasteiger partial charge in [-0.05, 0) is 18.8 Å². The molecule has 1 heteroatoms. The van der Waals surface area contributed by atoms with E-state index in [2.05, 4.69) is 34.6 Å². The van der Waals surface area contributed by atoms with Gasteiger partial charge in [0.1, 0.15) is 5.78 Å². The monoisotopic (exact) mass is 168 g/mol. The summed E-state index contributed by atoms with van der Waals surface area (Å²) in [6.45, 7) is 10.5. The van der Waals surface area contributed by atoms with E-state index in [4.69, 9.17) is 0 Å². The highest BCUT2D eigenvalue weighted by Gasteiger charge is 2.46. The van der Waals surface area contributed by atoms with E-state index in [1.807, 2.05) is 0 Å². The molecule has 1 aliphatic rings. The maximum absolute atomic E-state index is 12.0. The van der Waals surface area contributed by atoms with Gasteiger partial charge in [0.25, 0.3) is 0 Å². The summed E-state index contributed by atoms with van der Waals surface area (Å²) in [5, 5.41) is 0. The van der Waals surface area contributed by atoms with Gasteiger partial charge in [0, 0.05) is 10.8 Å². The molecule has 1 aliphatic carbocycles. The smallest absolute Gasteiger partial charge is 0.144 e. The van der Waals surface area contributed by atoms with Crippen LogP contribution in [0.4, 0.5) is 0 Å². The molecule has 0 aromatic rings. The normalized spacial score (nSPS) is 33.4. The quantitative estimate of drug-likeness (QED) is 0.543. The van der Waals surface area contributed by atoms with Crippen molar-refractivity contribution in [2.24, 2.45) is 16.7 Å². The Kier molecular flexibility index (Phi) is 2.10. The zero-order valence-corrected chi connectivity index (χ0v) is 8.90. The van der Waals surface area contributed by atoms with E-state index in [9.17, 15) is 4.79 Å². The second kappa shape index (κ2) is 2.58. The number of hydrogen-bond acceptors (Lipinski definition) is 1. The van der Waals surface area contributed by atoms with E-state index >= 15 is 0 Å². The summed E-state index contributed by atoms with van der Waals surface area (Å²) < 4.78 is 0. The van der Waals surface area contributed by atoms with Gasteiger partial charge < -0.3 is 0 Å². The van der Waals surface area contributed by atoms with Crippen molar-refractivity contribution < 1.29 is 4.79 Å². The predicted octanol–water partition coefficient (Wildman–Crippen LogP) is 3.04. The number of rotatable bonds is 0. The van der Waals surface area contributed by atoms with Crippen molar-refractivity contribution in [1.29, 1.82) is 0 Å². The third-order valence-corrected chi connectivity index (χ3v) is 3.63. The molecule has 1 unspecified atom stereocenters. The molecule has 1 saturated carbocycles. The van der Waals surface area contributed by atoms with Crippen LogP contribution in [0, 0.1) is 16.7 Å². The van der Waals surface area contributed by atoms with Crippen LogP contribution in [0.5, 0.6) is 0 Å². The fourth-order valence-corrected chi connectivity index (χ4v) is 2.15. The van der Waals surface area contributed by atoms with E-state index in [1.165, 1.54) is 6.42 Å². The highest BCUT2D eigenvalue weighted by molar-refractivity contribution is 5.90. The van der Waals surface area contributed by atoms with Crippen molar-refractivity contribution in [2.75, 3.05) is 0 Å². The highest BCUT2D eigenvalue weighted by Crippen LogP contribution is 2.45. The first-order valence-corrected chi connectivity index (χ1v) is 4.83. The third-order valence-electron chi connectivity index (χ3n) is 3.63. The Labute approximate surface area is 75.5 Å². The van der Waals surface area contributed by atoms with Gasteiger partial charge in [0.15, 0.2) is 0 Å². The van der Waals surface area contributed by atoms with Crippen molar-refractivity contribution in [3.8, 4) is 0 Å². The molecule has 0 radical (unpaired) electrons. The van der Waals surface area contributed by atoms with Crippen molar-refractivity contribution in [2.45, 2.75) is 47.5 Å². The van der Waals surface area contributed by atoms with E-state index in [-0.39, 0.29) is 10.8 Å². The molecule has 1 atom stereocenters. The molecule has 0 spiro atoms. The van der Waals surface area contributed by atoms with Gasteiger partial charge in [-0.2, -0.15) is 0 Å². The summed E-state index contributed by atoms with van der Waals surface area (Å²) >= 11 is 0. The number of carbonyl (C=O) groups is 1. The molecule has 1 fully saturated rings. The number of Topliss-reactive ketones (excluding diaryl/α,β-unsaturated/α-hetero) is 1. The lowest BCUT2D eigenvalue weighted by Crippen LogP contribution is -2.45. The molecule has 12 heavy (non-hydrogen) atoms. The fraction of sp³-hybridized carbons (Fsp3) is 0.909. The molecule has 0 aromatic heterocycles. The molecule has 0 bridgehead atoms. The van der Waals surface area contributed by atoms with Crippen LogP contribution in [0.2, 0.25) is 0 Å². The minimum absolute atomic E-state index is 0.0873. The summed E-state index contributed by atoms with van der Waals surface area (Å²) in [4.78, 5) is 12.0. The largest absolute Gasteiger partial charge is 0.298 e. The maximum Gasteiger partial charge on any atom is 0.144 e. The highest BCUT2D eigenvalue weighted by atomic mass is 16.1. The summed E-state index contributed by atoms with van der Waals surface area (Å²) in [5.74, 6) is 0.978. The fourth-order valence-electron chi connectivity index (χ4n) is 2.15. The molecule has 0 heterocycles. The first-order valence-electron chi connectivity index (χ1n) is 4.83. The first kappa shape index (κ1) is 9.76. The zero-order chi connectivity index (χ0) is 9.57. The molecule has 0 aliphatic heterocycles. The molecule has 0 N–H and O–H groups in total. The van der Waals surface area contributed by atoms with E-state index in [1.54, 1.807) is 0 Å². The molecule has 0 amide bonds. The van der Waals surface area contributed by atoms with E-state index in [0.717, 1.165) is 6.42 Å². The summed E-state index contributed by atoms with van der Waals surface area (Å²) in [5.41, 5.74) is -0.197. The number of ketones is 1. The van der Waals surface area contributed by atoms with Gasteiger partial charge in [-0.15, -0.1) is 0 Å². The number of carbonyl (C=O) groups excluding carboxylic acids is 1. The zero-order valence-electron chi connectivity index (χ0n) is 8.90. The summed E-state index contributed by atoms with van der Waals surface area (Å²) in [7, 11) is 0. The van der Waals surface area contributed by atoms with Gasteiger partial charge in [0.05, 0.1) is 0 Å². The van der Waals surface area contributed by atoms with Crippen LogP contribution in [0.25, 0.3) is 0 Å². The molecular weight excluding hydrogens is 148 g/mol. The van der Waals surface area contributed by atoms with Crippen LogP contribution in [0.1, 0.15) is 47.5 Å². The molecular formula is C11H20O. The van der Waals surface area contributed by atoms with Crippen molar-refractivity contribution in [3.63, 3.8) is 0 Å². The third kappa shape index (κ3) is 1.30. The minimum atomic E-state index is -0.109. The topological polar surface area (TPSA) is 17.1 Å². The van der Waals surface area contributed by atoms with Crippen molar-refractivity contribution in [1.82, 2.24) is 0 Å². The molecule has 0 saturated heterocycles. The molecule has 1 nitrogen and oxygen atoms in total. The molecule has 1 rings (SSSR count). The number of hydrogen-bond donors (Lipinski definition) is 0. The second-order valence-electron chi connectivity index (χ2n) is 5.37. The van der Waals surface area contributed by atoms with Crippen LogP contribution < -0.4 is 0 Å². The average Bonchev–Trinajstić information content (AvgIpc) is 1.96. The van der Waals surface area contributed by atoms with E-state index < -0.39 is 0 Å². The van der Waals surface area contributed by atoms with Crippen molar-refractivity contribution >= 4 is 5.78 Å². The Morgan fingerprint density at radius 3 is 2.17 bits per heavy atom. The van der Waals surface area contributed by atoms with Gasteiger partial charge in [0.2, 0.25) is 0 Å². The Morgan fingerprint density at radius 2 is 1.75 bits per heavy atom. The van der Waals surface area contributed by atoms with Gasteiger partial charge in [-0.25, -0.2) is 0 Å². The summed E-state index contributed by atoms with van der Waals surface area (Å²) in [6, 6.07) is 0. The lowest BCUT2D eigenvalue weighted by Gasteiger charge is -2.43. The van der Waals surface area contributed by atoms with Gasteiger partial charge in [-0.1, -0.05) is 34.6 Å².